The zero-order valence-electron chi connectivity index (χ0n) is 12.5. The van der Waals surface area contributed by atoms with Crippen LogP contribution in [-0.4, -0.2) is 51.2 Å². The molecule has 0 saturated carbocycles. The van der Waals surface area contributed by atoms with Crippen LogP contribution in [0.5, 0.6) is 0 Å². The van der Waals surface area contributed by atoms with Crippen LogP contribution in [0.1, 0.15) is 26.8 Å². The van der Waals surface area contributed by atoms with Gasteiger partial charge in [0.05, 0.1) is 7.11 Å². The number of methoxy groups -OCH3 is 1. The smallest absolute Gasteiger partial charge is 0.436 e. The van der Waals surface area contributed by atoms with Crippen molar-refractivity contribution in [1.82, 2.24) is 25.1 Å². The van der Waals surface area contributed by atoms with Crippen molar-refractivity contribution in [1.29, 1.82) is 0 Å². The molecule has 0 atom stereocenters. The van der Waals surface area contributed by atoms with Gasteiger partial charge in [-0.2, -0.15) is 18.2 Å². The molecule has 134 valence electrons. The molecule has 0 bridgehead atoms. The number of H-pyrrole nitrogens is 1. The van der Waals surface area contributed by atoms with E-state index < -0.39 is 39.9 Å². The van der Waals surface area contributed by atoms with E-state index in [0.29, 0.717) is 0 Å². The fraction of sp³-hybridized carbons (Fsp3) is 0.273. The topological polar surface area (TPSA) is 135 Å². The Hall–Kier alpha value is -2.77. The molecular formula is C11H9BrF3N7O3. The molecule has 2 aromatic heterocycles. The summed E-state index contributed by atoms with van der Waals surface area (Å²) in [5.74, 6) is -2.74. The highest BCUT2D eigenvalue weighted by Gasteiger charge is 2.37. The van der Waals surface area contributed by atoms with Crippen molar-refractivity contribution >= 4 is 39.6 Å². The molecule has 2 aromatic rings. The molecule has 0 saturated heterocycles. The number of rotatable bonds is 4. The van der Waals surface area contributed by atoms with E-state index in [2.05, 4.69) is 56.4 Å². The number of carbonyl (C=O) groups excluding carboxylic acids is 2. The van der Waals surface area contributed by atoms with Gasteiger partial charge in [0.2, 0.25) is 11.8 Å². The number of hydrogen-bond acceptors (Lipinski definition) is 8. The minimum atomic E-state index is -4.76. The monoisotopic (exact) mass is 423 g/mol. The second-order valence-electron chi connectivity index (χ2n) is 4.26. The third kappa shape index (κ3) is 4.01. The van der Waals surface area contributed by atoms with Crippen LogP contribution in [0, 0.1) is 0 Å². The second-order valence-corrected chi connectivity index (χ2v) is 5.01. The number of carbonyl (C=O) groups is 2. The Balaban J connectivity index is 2.31. The molecule has 0 radical (unpaired) electrons. The number of nitrogens with zero attached hydrogens (tertiary/aromatic N) is 4. The lowest BCUT2D eigenvalue weighted by Crippen LogP contribution is -2.21. The molecule has 14 heteroatoms. The van der Waals surface area contributed by atoms with Gasteiger partial charge in [-0.05, 0) is 15.9 Å². The average Bonchev–Trinajstić information content (AvgIpc) is 3.01. The largest absolute Gasteiger partial charge is 0.463 e. The third-order valence-corrected chi connectivity index (χ3v) is 3.22. The Kier molecular flexibility index (Phi) is 5.20. The maximum atomic E-state index is 12.8. The highest BCUT2D eigenvalue weighted by atomic mass is 79.9. The first-order valence-corrected chi connectivity index (χ1v) is 7.11. The SMILES string of the molecule is CNc1nc(C(F)(F)F)c(Br)nc1C(=O)Nc1n[nH]c(C(=O)OC)n1. The van der Waals surface area contributed by atoms with Gasteiger partial charge in [0.1, 0.15) is 4.60 Å². The number of aromatic nitrogens is 5. The summed E-state index contributed by atoms with van der Waals surface area (Å²) in [6.45, 7) is 0. The molecule has 0 unspecified atom stereocenters. The average molecular weight is 424 g/mol. The zero-order valence-corrected chi connectivity index (χ0v) is 14.1. The van der Waals surface area contributed by atoms with Gasteiger partial charge < -0.3 is 10.1 Å². The van der Waals surface area contributed by atoms with E-state index in [1.165, 1.54) is 7.05 Å². The van der Waals surface area contributed by atoms with E-state index in [0.717, 1.165) is 7.11 Å². The van der Waals surface area contributed by atoms with Gasteiger partial charge in [-0.15, -0.1) is 5.10 Å². The summed E-state index contributed by atoms with van der Waals surface area (Å²) in [5.41, 5.74) is -1.73. The Morgan fingerprint density at radius 3 is 2.48 bits per heavy atom. The normalized spacial score (nSPS) is 11.1. The summed E-state index contributed by atoms with van der Waals surface area (Å²) in [6, 6.07) is 0. The summed E-state index contributed by atoms with van der Waals surface area (Å²) >= 11 is 2.63. The quantitative estimate of drug-likeness (QED) is 0.628. The van der Waals surface area contributed by atoms with Gasteiger partial charge in [0.15, 0.2) is 17.2 Å². The number of amides is 1. The molecule has 3 N–H and O–H groups in total. The number of alkyl halides is 3. The Labute approximate surface area is 145 Å². The molecule has 2 rings (SSSR count). The van der Waals surface area contributed by atoms with Gasteiger partial charge in [-0.25, -0.2) is 14.8 Å². The Bertz CT molecular complexity index is 824. The van der Waals surface area contributed by atoms with Crippen molar-refractivity contribution in [2.45, 2.75) is 6.18 Å². The minimum absolute atomic E-state index is 0.272. The Morgan fingerprint density at radius 2 is 1.92 bits per heavy atom. The highest BCUT2D eigenvalue weighted by molar-refractivity contribution is 9.10. The number of hydrogen-bond donors (Lipinski definition) is 3. The van der Waals surface area contributed by atoms with E-state index in [4.69, 9.17) is 0 Å². The number of nitrogens with one attached hydrogen (secondary N) is 3. The van der Waals surface area contributed by atoms with Crippen molar-refractivity contribution in [2.75, 3.05) is 24.8 Å². The predicted molar refractivity (Wildman–Crippen MR) is 80.0 cm³/mol. The summed E-state index contributed by atoms with van der Waals surface area (Å²) < 4.78 is 42.2. The maximum Gasteiger partial charge on any atom is 0.436 e. The molecule has 25 heavy (non-hydrogen) atoms. The van der Waals surface area contributed by atoms with E-state index in [1.54, 1.807) is 0 Å². The van der Waals surface area contributed by atoms with Crippen LogP contribution in [0.2, 0.25) is 0 Å². The van der Waals surface area contributed by atoms with Crippen LogP contribution in [0.3, 0.4) is 0 Å². The minimum Gasteiger partial charge on any atom is -0.463 e. The molecule has 0 fully saturated rings. The zero-order chi connectivity index (χ0) is 18.8. The van der Waals surface area contributed by atoms with E-state index in [-0.39, 0.29) is 11.8 Å². The fourth-order valence-corrected chi connectivity index (χ4v) is 2.09. The van der Waals surface area contributed by atoms with Crippen LogP contribution in [-0.2, 0) is 10.9 Å². The first-order chi connectivity index (χ1) is 11.7. The summed E-state index contributed by atoms with van der Waals surface area (Å²) in [4.78, 5) is 34.0. The second kappa shape index (κ2) is 7.00. The number of ether oxygens (including phenoxy) is 1. The van der Waals surface area contributed by atoms with Crippen molar-refractivity contribution in [3.8, 4) is 0 Å². The number of esters is 1. The summed E-state index contributed by atoms with van der Waals surface area (Å²) in [6.07, 6.45) is -4.76. The van der Waals surface area contributed by atoms with Crippen LogP contribution in [0.15, 0.2) is 4.60 Å². The van der Waals surface area contributed by atoms with Crippen molar-refractivity contribution in [3.05, 3.63) is 21.8 Å². The highest BCUT2D eigenvalue weighted by Crippen LogP contribution is 2.33. The lowest BCUT2D eigenvalue weighted by atomic mass is 10.3. The third-order valence-electron chi connectivity index (χ3n) is 2.66. The van der Waals surface area contributed by atoms with E-state index >= 15 is 0 Å². The standard InChI is InChI=1S/C11H9BrF3N7O3/c1-16-6-3(17-5(12)4(18-6)11(13,14)15)8(23)20-10-19-7(21-22-10)9(24)25-2/h1-2H3,(H,16,18)(H2,19,20,21,22,23). The lowest BCUT2D eigenvalue weighted by Gasteiger charge is -2.12. The summed E-state index contributed by atoms with van der Waals surface area (Å²) in [7, 11) is 2.40. The van der Waals surface area contributed by atoms with E-state index in [9.17, 15) is 22.8 Å². The lowest BCUT2D eigenvalue weighted by molar-refractivity contribution is -0.142. The molecule has 0 aliphatic heterocycles. The molecule has 2 heterocycles. The molecular weight excluding hydrogens is 415 g/mol. The molecule has 10 nitrogen and oxygen atoms in total. The number of aromatic amines is 1. The Morgan fingerprint density at radius 1 is 1.24 bits per heavy atom. The number of anilines is 2. The van der Waals surface area contributed by atoms with Crippen molar-refractivity contribution < 1.29 is 27.5 Å². The van der Waals surface area contributed by atoms with Gasteiger partial charge in [0, 0.05) is 7.05 Å². The predicted octanol–water partition coefficient (Wildman–Crippen LogP) is 1.46. The first-order valence-electron chi connectivity index (χ1n) is 6.32. The van der Waals surface area contributed by atoms with E-state index in [1.807, 2.05) is 0 Å². The van der Waals surface area contributed by atoms with Gasteiger partial charge in [-0.1, -0.05) is 0 Å². The van der Waals surface area contributed by atoms with Gasteiger partial charge in [0.25, 0.3) is 5.91 Å². The fourth-order valence-electron chi connectivity index (χ4n) is 1.59. The van der Waals surface area contributed by atoms with Crippen molar-refractivity contribution in [3.63, 3.8) is 0 Å². The van der Waals surface area contributed by atoms with Crippen LogP contribution in [0.4, 0.5) is 24.9 Å². The molecule has 1 amide bonds. The molecule has 0 aliphatic rings. The van der Waals surface area contributed by atoms with Gasteiger partial charge >= 0.3 is 12.1 Å². The number of halogens is 4. The van der Waals surface area contributed by atoms with Gasteiger partial charge in [-0.3, -0.25) is 15.2 Å². The van der Waals surface area contributed by atoms with Crippen LogP contribution >= 0.6 is 15.9 Å². The first kappa shape index (κ1) is 18.6. The molecule has 0 spiro atoms. The maximum absolute atomic E-state index is 12.8. The van der Waals surface area contributed by atoms with Crippen LogP contribution in [0.25, 0.3) is 0 Å². The molecule has 0 aliphatic carbocycles. The van der Waals surface area contributed by atoms with Crippen molar-refractivity contribution in [2.24, 2.45) is 0 Å². The summed E-state index contributed by atoms with van der Waals surface area (Å²) in [5, 5.41) is 10.3. The van der Waals surface area contributed by atoms with Crippen LogP contribution < -0.4 is 10.6 Å². The molecule has 0 aromatic carbocycles.